The minimum absolute atomic E-state index is 0.205. The third-order valence-corrected chi connectivity index (χ3v) is 6.47. The molecule has 0 saturated heterocycles. The van der Waals surface area contributed by atoms with Crippen molar-refractivity contribution in [2.75, 3.05) is 30.8 Å². The summed E-state index contributed by atoms with van der Waals surface area (Å²) in [5.74, 6) is 0. The monoisotopic (exact) mass is 363 g/mol. The Morgan fingerprint density at radius 2 is 1.88 bits per heavy atom. The first-order valence-electron chi connectivity index (χ1n) is 8.87. The van der Waals surface area contributed by atoms with Gasteiger partial charge in [0.1, 0.15) is 0 Å². The van der Waals surface area contributed by atoms with Crippen LogP contribution in [0.5, 0.6) is 0 Å². The average Bonchev–Trinajstić information content (AvgIpc) is 2.58. The molecule has 0 fully saturated rings. The maximum Gasteiger partial charge on any atom is 0.255 e. The Hall–Kier alpha value is -1.39. The number of hydrogen-bond donors (Lipinski definition) is 1. The van der Waals surface area contributed by atoms with Crippen LogP contribution in [0.4, 0.5) is 5.69 Å². The van der Waals surface area contributed by atoms with E-state index in [1.165, 1.54) is 22.0 Å². The van der Waals surface area contributed by atoms with E-state index in [-0.39, 0.29) is 6.16 Å². The van der Waals surface area contributed by atoms with E-state index in [1.807, 2.05) is 0 Å². The van der Waals surface area contributed by atoms with Crippen molar-refractivity contribution in [1.29, 1.82) is 0 Å². The van der Waals surface area contributed by atoms with E-state index in [1.54, 1.807) is 13.8 Å². The highest BCUT2D eigenvalue weighted by molar-refractivity contribution is 7.58. The molecule has 5 nitrogen and oxygen atoms in total. The van der Waals surface area contributed by atoms with E-state index in [2.05, 4.69) is 41.3 Å². The summed E-state index contributed by atoms with van der Waals surface area (Å²) in [4.78, 5) is 12.5. The fraction of sp³-hybridized carbons (Fsp3) is 0.474. The van der Waals surface area contributed by atoms with Crippen LogP contribution >= 0.6 is 7.37 Å². The van der Waals surface area contributed by atoms with Gasteiger partial charge in [-0.25, -0.2) is 0 Å². The summed E-state index contributed by atoms with van der Waals surface area (Å²) in [6, 6.07) is 11.7. The Bertz CT molecular complexity index is 773. The first-order chi connectivity index (χ1) is 12.1. The summed E-state index contributed by atoms with van der Waals surface area (Å²) in [6.07, 6.45) is 0.841. The van der Waals surface area contributed by atoms with E-state index in [9.17, 15) is 9.46 Å². The van der Waals surface area contributed by atoms with Crippen molar-refractivity contribution in [1.82, 2.24) is 0 Å². The van der Waals surface area contributed by atoms with Crippen molar-refractivity contribution in [2.24, 2.45) is 0 Å². The molecule has 25 heavy (non-hydrogen) atoms. The largest absolute Gasteiger partial charge is 0.367 e. The maximum absolute atomic E-state index is 12.5. The molecule has 2 aromatic rings. The van der Waals surface area contributed by atoms with E-state index in [0.717, 1.165) is 13.1 Å². The van der Waals surface area contributed by atoms with Gasteiger partial charge in [-0.15, -0.1) is 0 Å². The van der Waals surface area contributed by atoms with Gasteiger partial charge < -0.3 is 19.3 Å². The number of hydrogen-bond acceptors (Lipinski definition) is 4. The number of fused-ring (bicyclic) bond motifs is 3. The SMILES string of the molecule is CCOC(OCC)P(=O)(O)CCCN1Cc2c1ccc1ccccc21. The second kappa shape index (κ2) is 7.88. The zero-order valence-electron chi connectivity index (χ0n) is 14.9. The normalized spacial score (nSPS) is 15.9. The molecule has 0 amide bonds. The molecule has 2 aromatic carbocycles. The average molecular weight is 363 g/mol. The maximum atomic E-state index is 12.5. The van der Waals surface area contributed by atoms with Crippen LogP contribution in [0.2, 0.25) is 0 Å². The molecule has 3 rings (SSSR count). The van der Waals surface area contributed by atoms with Gasteiger partial charge >= 0.3 is 0 Å². The fourth-order valence-corrected chi connectivity index (χ4v) is 4.90. The van der Waals surface area contributed by atoms with Crippen LogP contribution in [-0.2, 0) is 20.6 Å². The number of nitrogens with zero attached hydrogens (tertiary/aromatic N) is 1. The minimum atomic E-state index is -3.47. The van der Waals surface area contributed by atoms with E-state index < -0.39 is 13.4 Å². The zero-order chi connectivity index (χ0) is 17.9. The second-order valence-corrected chi connectivity index (χ2v) is 8.64. The van der Waals surface area contributed by atoms with Crippen molar-refractivity contribution >= 4 is 23.8 Å². The third-order valence-electron chi connectivity index (χ3n) is 4.56. The lowest BCUT2D eigenvalue weighted by Crippen LogP contribution is -2.34. The van der Waals surface area contributed by atoms with Gasteiger partial charge in [0.25, 0.3) is 7.37 Å². The standard InChI is InChI=1S/C19H26NO4P/c1-3-23-19(24-4-2)25(21,22)13-7-12-20-14-17-16-9-6-5-8-15(16)10-11-18(17)20/h5-6,8-11,19H,3-4,7,12-14H2,1-2H3,(H,21,22). The first-order valence-corrected chi connectivity index (χ1v) is 10.8. The van der Waals surface area contributed by atoms with Gasteiger partial charge in [0.2, 0.25) is 6.03 Å². The van der Waals surface area contributed by atoms with Gasteiger partial charge in [-0.3, -0.25) is 4.57 Å². The van der Waals surface area contributed by atoms with Gasteiger partial charge in [0.15, 0.2) is 0 Å². The molecule has 0 aromatic heterocycles. The lowest BCUT2D eigenvalue weighted by Gasteiger charge is -2.37. The van der Waals surface area contributed by atoms with E-state index in [4.69, 9.17) is 9.47 Å². The molecule has 1 N–H and O–H groups in total. The smallest absolute Gasteiger partial charge is 0.255 e. The van der Waals surface area contributed by atoms with Crippen molar-refractivity contribution in [3.8, 4) is 0 Å². The van der Waals surface area contributed by atoms with E-state index >= 15 is 0 Å². The Kier molecular flexibility index (Phi) is 5.80. The molecule has 6 heteroatoms. The predicted octanol–water partition coefficient (Wildman–Crippen LogP) is 4.18. The second-order valence-electron chi connectivity index (χ2n) is 6.26. The number of anilines is 1. The van der Waals surface area contributed by atoms with Crippen LogP contribution in [0.1, 0.15) is 25.8 Å². The summed E-state index contributed by atoms with van der Waals surface area (Å²) < 4.78 is 23.1. The Balaban J connectivity index is 1.58. The van der Waals surface area contributed by atoms with Gasteiger partial charge in [0.05, 0.1) is 0 Å². The van der Waals surface area contributed by atoms with Crippen LogP contribution in [0.15, 0.2) is 36.4 Å². The molecule has 0 radical (unpaired) electrons. The lowest BCUT2D eigenvalue weighted by atomic mass is 9.96. The van der Waals surface area contributed by atoms with Gasteiger partial charge in [-0.1, -0.05) is 30.3 Å². The van der Waals surface area contributed by atoms with Crippen molar-refractivity contribution in [3.63, 3.8) is 0 Å². The molecule has 0 saturated carbocycles. The third kappa shape index (κ3) is 3.90. The summed E-state index contributed by atoms with van der Waals surface area (Å²) in [7, 11) is -3.47. The summed E-state index contributed by atoms with van der Waals surface area (Å²) in [5, 5.41) is 2.56. The summed E-state index contributed by atoms with van der Waals surface area (Å²) in [5.41, 5.74) is 2.60. The van der Waals surface area contributed by atoms with Gasteiger partial charge in [0, 0.05) is 43.7 Å². The number of benzene rings is 2. The molecule has 0 bridgehead atoms. The van der Waals surface area contributed by atoms with E-state index in [0.29, 0.717) is 19.6 Å². The molecule has 1 unspecified atom stereocenters. The van der Waals surface area contributed by atoms with Crippen LogP contribution in [0.25, 0.3) is 10.8 Å². The minimum Gasteiger partial charge on any atom is -0.367 e. The highest BCUT2D eigenvalue weighted by Crippen LogP contribution is 2.48. The molecule has 136 valence electrons. The molecule has 0 aliphatic carbocycles. The topological polar surface area (TPSA) is 59.0 Å². The number of rotatable bonds is 9. The molecule has 1 aliphatic rings. The van der Waals surface area contributed by atoms with Crippen molar-refractivity contribution in [3.05, 3.63) is 42.0 Å². The Morgan fingerprint density at radius 1 is 1.16 bits per heavy atom. The van der Waals surface area contributed by atoms with Crippen LogP contribution in [-0.4, -0.2) is 36.8 Å². The zero-order valence-corrected chi connectivity index (χ0v) is 15.7. The quantitative estimate of drug-likeness (QED) is 0.535. The lowest BCUT2D eigenvalue weighted by molar-refractivity contribution is -0.0871. The molecular formula is C19H26NO4P. The molecular weight excluding hydrogens is 337 g/mol. The fourth-order valence-electron chi connectivity index (χ4n) is 3.33. The summed E-state index contributed by atoms with van der Waals surface area (Å²) in [6.45, 7) is 5.98. The highest BCUT2D eigenvalue weighted by atomic mass is 31.2. The highest BCUT2D eigenvalue weighted by Gasteiger charge is 2.32. The number of ether oxygens (including phenoxy) is 2. The molecule has 0 spiro atoms. The van der Waals surface area contributed by atoms with Crippen molar-refractivity contribution in [2.45, 2.75) is 32.8 Å². The molecule has 1 heterocycles. The Labute approximate surface area is 149 Å². The van der Waals surface area contributed by atoms with Gasteiger partial charge in [-0.05, 0) is 37.1 Å². The van der Waals surface area contributed by atoms with Gasteiger partial charge in [-0.2, -0.15) is 0 Å². The first kappa shape index (κ1) is 18.4. The van der Waals surface area contributed by atoms with Crippen LogP contribution in [0.3, 0.4) is 0 Å². The van der Waals surface area contributed by atoms with Crippen LogP contribution in [0, 0.1) is 0 Å². The van der Waals surface area contributed by atoms with Crippen LogP contribution < -0.4 is 4.90 Å². The molecule has 1 aliphatic heterocycles. The molecule has 1 atom stereocenters. The Morgan fingerprint density at radius 3 is 2.60 bits per heavy atom. The predicted molar refractivity (Wildman–Crippen MR) is 101 cm³/mol. The summed E-state index contributed by atoms with van der Waals surface area (Å²) >= 11 is 0. The van der Waals surface area contributed by atoms with Crippen molar-refractivity contribution < 1.29 is 18.9 Å².